The molecule has 1 aromatic carbocycles. The Balaban J connectivity index is 2.73. The van der Waals surface area contributed by atoms with Gasteiger partial charge in [-0.3, -0.25) is 0 Å². The van der Waals surface area contributed by atoms with E-state index in [0.29, 0.717) is 6.42 Å². The maximum atomic E-state index is 10.2. The van der Waals surface area contributed by atoms with Gasteiger partial charge >= 0.3 is 0 Å². The van der Waals surface area contributed by atoms with E-state index in [1.807, 2.05) is 12.1 Å². The summed E-state index contributed by atoms with van der Waals surface area (Å²) in [5.74, 6) is 1.07. The fraction of sp³-hybridized carbons (Fsp3) is 0.300. The van der Waals surface area contributed by atoms with Crippen LogP contribution in [0.15, 0.2) is 29.2 Å². The van der Waals surface area contributed by atoms with E-state index in [9.17, 15) is 4.79 Å². The van der Waals surface area contributed by atoms with E-state index in [1.165, 1.54) is 4.90 Å². The molecule has 0 N–H and O–H groups in total. The van der Waals surface area contributed by atoms with Gasteiger partial charge in [-0.05, 0) is 23.4 Å². The zero-order chi connectivity index (χ0) is 8.81. The van der Waals surface area contributed by atoms with Crippen LogP contribution in [0.1, 0.15) is 12.5 Å². The highest BCUT2D eigenvalue weighted by Crippen LogP contribution is 2.18. The quantitative estimate of drug-likeness (QED) is 0.523. The van der Waals surface area contributed by atoms with Gasteiger partial charge < -0.3 is 4.79 Å². The topological polar surface area (TPSA) is 17.1 Å². The lowest BCUT2D eigenvalue weighted by Crippen LogP contribution is -1.85. The summed E-state index contributed by atoms with van der Waals surface area (Å²) in [4.78, 5) is 11.5. The molecule has 0 saturated heterocycles. The van der Waals surface area contributed by atoms with E-state index in [-0.39, 0.29) is 0 Å². The van der Waals surface area contributed by atoms with Crippen LogP contribution < -0.4 is 0 Å². The summed E-state index contributed by atoms with van der Waals surface area (Å²) in [5, 5.41) is 0. The van der Waals surface area contributed by atoms with Crippen molar-refractivity contribution in [2.45, 2.75) is 18.2 Å². The molecule has 2 heteroatoms. The molecule has 0 heterocycles. The van der Waals surface area contributed by atoms with E-state index < -0.39 is 0 Å². The molecular formula is C10H12OS. The summed E-state index contributed by atoms with van der Waals surface area (Å²) in [7, 11) is 0. The SMILES string of the molecule is CCSc1cccc(CC=O)c1. The van der Waals surface area contributed by atoms with Crippen LogP contribution in [0.4, 0.5) is 0 Å². The number of rotatable bonds is 4. The molecule has 0 aliphatic rings. The van der Waals surface area contributed by atoms with Crippen LogP contribution in [0.3, 0.4) is 0 Å². The van der Waals surface area contributed by atoms with Crippen LogP contribution in [0.5, 0.6) is 0 Å². The van der Waals surface area contributed by atoms with Crippen molar-refractivity contribution in [3.05, 3.63) is 29.8 Å². The highest BCUT2D eigenvalue weighted by atomic mass is 32.2. The van der Waals surface area contributed by atoms with E-state index in [4.69, 9.17) is 0 Å². The number of hydrogen-bond donors (Lipinski definition) is 0. The van der Waals surface area contributed by atoms with Gasteiger partial charge in [0.25, 0.3) is 0 Å². The van der Waals surface area contributed by atoms with Crippen molar-refractivity contribution in [2.75, 3.05) is 5.75 Å². The van der Waals surface area contributed by atoms with Crippen molar-refractivity contribution in [2.24, 2.45) is 0 Å². The lowest BCUT2D eigenvalue weighted by Gasteiger charge is -1.99. The lowest BCUT2D eigenvalue weighted by atomic mass is 10.2. The summed E-state index contributed by atoms with van der Waals surface area (Å²) < 4.78 is 0. The third-order valence-corrected chi connectivity index (χ3v) is 2.40. The molecule has 0 radical (unpaired) electrons. The Hall–Kier alpha value is -0.760. The highest BCUT2D eigenvalue weighted by molar-refractivity contribution is 7.99. The molecule has 64 valence electrons. The second kappa shape index (κ2) is 4.99. The number of benzene rings is 1. The maximum Gasteiger partial charge on any atom is 0.124 e. The van der Waals surface area contributed by atoms with Crippen LogP contribution in [-0.2, 0) is 11.2 Å². The average Bonchev–Trinajstić information content (AvgIpc) is 2.06. The third kappa shape index (κ3) is 2.70. The minimum absolute atomic E-state index is 0.526. The minimum atomic E-state index is 0.526. The predicted molar refractivity (Wildman–Crippen MR) is 52.6 cm³/mol. The normalized spacial score (nSPS) is 9.75. The van der Waals surface area contributed by atoms with Gasteiger partial charge in [-0.2, -0.15) is 0 Å². The van der Waals surface area contributed by atoms with Crippen LogP contribution >= 0.6 is 11.8 Å². The van der Waals surface area contributed by atoms with Crippen molar-refractivity contribution < 1.29 is 4.79 Å². The summed E-state index contributed by atoms with van der Waals surface area (Å²) in [6.07, 6.45) is 1.47. The maximum absolute atomic E-state index is 10.2. The van der Waals surface area contributed by atoms with E-state index in [2.05, 4.69) is 19.1 Å². The van der Waals surface area contributed by atoms with Gasteiger partial charge in [0.15, 0.2) is 0 Å². The van der Waals surface area contributed by atoms with E-state index >= 15 is 0 Å². The highest BCUT2D eigenvalue weighted by Gasteiger charge is 1.94. The minimum Gasteiger partial charge on any atom is -0.303 e. The molecule has 12 heavy (non-hydrogen) atoms. The summed E-state index contributed by atoms with van der Waals surface area (Å²) in [6.45, 7) is 2.12. The first-order valence-electron chi connectivity index (χ1n) is 4.02. The molecule has 1 aromatic rings. The van der Waals surface area contributed by atoms with Gasteiger partial charge in [0, 0.05) is 11.3 Å². The Kier molecular flexibility index (Phi) is 3.88. The predicted octanol–water partition coefficient (Wildman–Crippen LogP) is 2.54. The van der Waals surface area contributed by atoms with Gasteiger partial charge in [-0.1, -0.05) is 19.1 Å². The van der Waals surface area contributed by atoms with Gasteiger partial charge in [0.2, 0.25) is 0 Å². The first-order valence-corrected chi connectivity index (χ1v) is 5.00. The summed E-state index contributed by atoms with van der Waals surface area (Å²) in [5.41, 5.74) is 1.10. The Morgan fingerprint density at radius 3 is 3.00 bits per heavy atom. The zero-order valence-corrected chi connectivity index (χ0v) is 7.93. The van der Waals surface area contributed by atoms with Crippen molar-refractivity contribution in [3.8, 4) is 0 Å². The second-order valence-corrected chi connectivity index (χ2v) is 3.79. The zero-order valence-electron chi connectivity index (χ0n) is 7.12. The molecule has 1 nitrogen and oxygen atoms in total. The fourth-order valence-electron chi connectivity index (χ4n) is 1.03. The van der Waals surface area contributed by atoms with Crippen molar-refractivity contribution in [1.82, 2.24) is 0 Å². The number of thioether (sulfide) groups is 1. The second-order valence-electron chi connectivity index (χ2n) is 2.45. The van der Waals surface area contributed by atoms with Crippen molar-refractivity contribution in [3.63, 3.8) is 0 Å². The molecule has 0 spiro atoms. The molecule has 0 amide bonds. The molecule has 0 unspecified atom stereocenters. The van der Waals surface area contributed by atoms with Crippen LogP contribution in [0.25, 0.3) is 0 Å². The first-order chi connectivity index (χ1) is 5.86. The number of hydrogen-bond acceptors (Lipinski definition) is 2. The van der Waals surface area contributed by atoms with Gasteiger partial charge in [-0.15, -0.1) is 11.8 Å². The van der Waals surface area contributed by atoms with Gasteiger partial charge in [0.05, 0.1) is 0 Å². The molecule has 0 fully saturated rings. The van der Waals surface area contributed by atoms with E-state index in [1.54, 1.807) is 11.8 Å². The number of aldehydes is 1. The molecule has 1 rings (SSSR count). The fourth-order valence-corrected chi connectivity index (χ4v) is 1.77. The standard InChI is InChI=1S/C10H12OS/c1-2-12-10-5-3-4-9(8-10)6-7-11/h3-5,7-8H,2,6H2,1H3. The van der Waals surface area contributed by atoms with Crippen molar-refractivity contribution in [1.29, 1.82) is 0 Å². The molecule has 0 aromatic heterocycles. The molecule has 0 bridgehead atoms. The lowest BCUT2D eigenvalue weighted by molar-refractivity contribution is -0.107. The van der Waals surface area contributed by atoms with Crippen LogP contribution in [0, 0.1) is 0 Å². The van der Waals surface area contributed by atoms with Gasteiger partial charge in [0.1, 0.15) is 6.29 Å². The Morgan fingerprint density at radius 2 is 2.33 bits per heavy atom. The Labute approximate surface area is 77.2 Å². The monoisotopic (exact) mass is 180 g/mol. The molecule has 0 aliphatic heterocycles. The summed E-state index contributed by atoms with van der Waals surface area (Å²) >= 11 is 1.80. The molecular weight excluding hydrogens is 168 g/mol. The summed E-state index contributed by atoms with van der Waals surface area (Å²) in [6, 6.07) is 8.12. The third-order valence-electron chi connectivity index (χ3n) is 1.53. The van der Waals surface area contributed by atoms with Crippen LogP contribution in [0.2, 0.25) is 0 Å². The first kappa shape index (κ1) is 9.33. The average molecular weight is 180 g/mol. The largest absolute Gasteiger partial charge is 0.303 e. The number of carbonyl (C=O) groups excluding carboxylic acids is 1. The van der Waals surface area contributed by atoms with E-state index in [0.717, 1.165) is 17.6 Å². The molecule has 0 atom stereocenters. The molecule has 0 aliphatic carbocycles. The van der Waals surface area contributed by atoms with Crippen LogP contribution in [-0.4, -0.2) is 12.0 Å². The molecule has 0 saturated carbocycles. The Morgan fingerprint density at radius 1 is 1.50 bits per heavy atom. The van der Waals surface area contributed by atoms with Gasteiger partial charge in [-0.25, -0.2) is 0 Å². The smallest absolute Gasteiger partial charge is 0.124 e. The van der Waals surface area contributed by atoms with Crippen molar-refractivity contribution >= 4 is 18.0 Å². The Bertz CT molecular complexity index is 258. The number of carbonyl (C=O) groups is 1.